The van der Waals surface area contributed by atoms with Gasteiger partial charge in [0.05, 0.1) is 12.1 Å². The van der Waals surface area contributed by atoms with E-state index in [9.17, 15) is 14.4 Å². The van der Waals surface area contributed by atoms with Gasteiger partial charge in [0.15, 0.2) is 0 Å². The van der Waals surface area contributed by atoms with E-state index in [0.29, 0.717) is 10.0 Å². The fourth-order valence-corrected chi connectivity index (χ4v) is 2.01. The molecular weight excluding hydrogens is 340 g/mol. The average Bonchev–Trinajstić information content (AvgIpc) is 2.44. The van der Waals surface area contributed by atoms with E-state index in [1.807, 2.05) is 0 Å². The lowest BCUT2D eigenvalue weighted by atomic mass is 9.99. The number of carbonyl (C=O) groups excluding carboxylic acids is 2. The third kappa shape index (κ3) is 4.56. The molecule has 1 aromatic rings. The van der Waals surface area contributed by atoms with Gasteiger partial charge in [-0.25, -0.2) is 4.79 Å². The summed E-state index contributed by atoms with van der Waals surface area (Å²) in [6.45, 7) is 2.79. The first-order valence-corrected chi connectivity index (χ1v) is 7.16. The number of benzene rings is 1. The Morgan fingerprint density at radius 3 is 2.43 bits per heavy atom. The van der Waals surface area contributed by atoms with Crippen molar-refractivity contribution < 1.29 is 19.5 Å². The van der Waals surface area contributed by atoms with Gasteiger partial charge >= 0.3 is 5.97 Å². The highest BCUT2D eigenvalue weighted by Crippen LogP contribution is 2.15. The number of carboxylic acids is 1. The van der Waals surface area contributed by atoms with Crippen LogP contribution >= 0.6 is 15.9 Å². The maximum Gasteiger partial charge on any atom is 0.329 e. The molecule has 0 aliphatic carbocycles. The van der Waals surface area contributed by atoms with E-state index in [1.54, 1.807) is 31.2 Å². The van der Waals surface area contributed by atoms with Crippen LogP contribution < -0.4 is 10.6 Å². The van der Waals surface area contributed by atoms with Crippen LogP contribution in [0.25, 0.3) is 0 Å². The Balaban J connectivity index is 2.60. The van der Waals surface area contributed by atoms with Crippen LogP contribution in [0.2, 0.25) is 0 Å². The van der Waals surface area contributed by atoms with E-state index in [1.165, 1.54) is 6.92 Å². The lowest BCUT2D eigenvalue weighted by Crippen LogP contribution is -2.54. The summed E-state index contributed by atoms with van der Waals surface area (Å²) in [5.41, 5.74) is -0.934. The maximum atomic E-state index is 11.9. The monoisotopic (exact) mass is 356 g/mol. The van der Waals surface area contributed by atoms with Crippen LogP contribution in [0.15, 0.2) is 28.7 Å². The summed E-state index contributed by atoms with van der Waals surface area (Å²) in [6.07, 6.45) is 0.242. The number of aliphatic carboxylic acids is 1. The topological polar surface area (TPSA) is 95.5 Å². The molecular formula is C14H17BrN2O4. The minimum atomic E-state index is -1.34. The number of hydrogen-bond acceptors (Lipinski definition) is 3. The van der Waals surface area contributed by atoms with Gasteiger partial charge < -0.3 is 15.7 Å². The second-order valence-electron chi connectivity index (χ2n) is 4.70. The zero-order valence-corrected chi connectivity index (χ0v) is 13.4. The third-order valence-corrected chi connectivity index (χ3v) is 3.81. The molecule has 1 aromatic carbocycles. The van der Waals surface area contributed by atoms with E-state index in [-0.39, 0.29) is 13.0 Å². The second kappa shape index (κ2) is 7.21. The molecule has 0 saturated heterocycles. The van der Waals surface area contributed by atoms with Crippen molar-refractivity contribution in [1.29, 1.82) is 0 Å². The molecule has 0 aliphatic heterocycles. The Hall–Kier alpha value is -1.89. The molecule has 0 saturated carbocycles. The summed E-state index contributed by atoms with van der Waals surface area (Å²) in [5.74, 6) is -2.08. The number of rotatable bonds is 6. The zero-order chi connectivity index (χ0) is 16.0. The number of hydrogen-bond donors (Lipinski definition) is 3. The Labute approximate surface area is 131 Å². The quantitative estimate of drug-likeness (QED) is 0.720. The summed E-state index contributed by atoms with van der Waals surface area (Å²) in [6, 6.07) is 6.81. The lowest BCUT2D eigenvalue weighted by Gasteiger charge is -2.24. The van der Waals surface area contributed by atoms with Crippen LogP contribution in [0, 0.1) is 0 Å². The van der Waals surface area contributed by atoms with Crippen molar-refractivity contribution in [2.45, 2.75) is 25.8 Å². The first kappa shape index (κ1) is 17.2. The van der Waals surface area contributed by atoms with Gasteiger partial charge in [0.1, 0.15) is 5.54 Å². The fourth-order valence-electron chi connectivity index (χ4n) is 1.55. The van der Waals surface area contributed by atoms with E-state index in [2.05, 4.69) is 26.6 Å². The molecule has 114 valence electrons. The largest absolute Gasteiger partial charge is 0.480 e. The molecule has 0 spiro atoms. The lowest BCUT2D eigenvalue weighted by molar-refractivity contribution is -0.146. The van der Waals surface area contributed by atoms with E-state index < -0.39 is 23.3 Å². The number of amides is 2. The minimum absolute atomic E-state index is 0.242. The third-order valence-electron chi connectivity index (χ3n) is 3.12. The van der Waals surface area contributed by atoms with Crippen LogP contribution in [-0.2, 0) is 9.59 Å². The number of carbonyl (C=O) groups is 3. The van der Waals surface area contributed by atoms with Crippen LogP contribution in [0.5, 0.6) is 0 Å². The first-order valence-electron chi connectivity index (χ1n) is 6.37. The molecule has 3 N–H and O–H groups in total. The van der Waals surface area contributed by atoms with Crippen molar-refractivity contribution in [3.05, 3.63) is 34.3 Å². The molecule has 21 heavy (non-hydrogen) atoms. The van der Waals surface area contributed by atoms with Crippen LogP contribution in [-0.4, -0.2) is 35.0 Å². The Bertz CT molecular complexity index is 562. The Kier molecular flexibility index (Phi) is 5.90. The molecule has 6 nitrogen and oxygen atoms in total. The van der Waals surface area contributed by atoms with Crippen molar-refractivity contribution in [1.82, 2.24) is 10.6 Å². The maximum absolute atomic E-state index is 11.9. The van der Waals surface area contributed by atoms with Crippen molar-refractivity contribution >= 4 is 33.7 Å². The molecule has 0 radical (unpaired) electrons. The van der Waals surface area contributed by atoms with Crippen LogP contribution in [0.4, 0.5) is 0 Å². The molecule has 0 heterocycles. The zero-order valence-electron chi connectivity index (χ0n) is 11.8. The van der Waals surface area contributed by atoms with Crippen LogP contribution in [0.1, 0.15) is 30.6 Å². The van der Waals surface area contributed by atoms with Crippen molar-refractivity contribution in [3.63, 3.8) is 0 Å². The van der Waals surface area contributed by atoms with Gasteiger partial charge in [0, 0.05) is 4.47 Å². The van der Waals surface area contributed by atoms with Gasteiger partial charge in [-0.1, -0.05) is 19.1 Å². The highest BCUT2D eigenvalue weighted by atomic mass is 79.9. The van der Waals surface area contributed by atoms with Gasteiger partial charge in [0.25, 0.3) is 5.91 Å². The average molecular weight is 357 g/mol. The molecule has 0 aromatic heterocycles. The number of carboxylic acid groups (broad SMARTS) is 1. The van der Waals surface area contributed by atoms with Gasteiger partial charge in [0.2, 0.25) is 5.91 Å². The summed E-state index contributed by atoms with van der Waals surface area (Å²) < 4.78 is 0.617. The summed E-state index contributed by atoms with van der Waals surface area (Å²) >= 11 is 3.24. The Morgan fingerprint density at radius 2 is 1.90 bits per heavy atom. The predicted octanol–water partition coefficient (Wildman–Crippen LogP) is 1.55. The fraction of sp³-hybridized carbons (Fsp3) is 0.357. The highest BCUT2D eigenvalue weighted by Gasteiger charge is 2.32. The van der Waals surface area contributed by atoms with Crippen molar-refractivity contribution in [3.8, 4) is 0 Å². The van der Waals surface area contributed by atoms with E-state index in [4.69, 9.17) is 5.11 Å². The van der Waals surface area contributed by atoms with Crippen molar-refractivity contribution in [2.75, 3.05) is 6.54 Å². The van der Waals surface area contributed by atoms with E-state index in [0.717, 1.165) is 0 Å². The summed E-state index contributed by atoms with van der Waals surface area (Å²) in [7, 11) is 0. The summed E-state index contributed by atoms with van der Waals surface area (Å²) in [4.78, 5) is 34.7. The molecule has 0 aliphatic rings. The molecule has 0 fully saturated rings. The van der Waals surface area contributed by atoms with Gasteiger partial charge in [-0.15, -0.1) is 0 Å². The van der Waals surface area contributed by atoms with E-state index >= 15 is 0 Å². The predicted molar refractivity (Wildman–Crippen MR) is 80.9 cm³/mol. The molecule has 7 heteroatoms. The molecule has 1 unspecified atom stereocenters. The van der Waals surface area contributed by atoms with Crippen LogP contribution in [0.3, 0.4) is 0 Å². The SMILES string of the molecule is CCC(C)(NC(=O)CNC(=O)c1ccccc1Br)C(=O)O. The van der Waals surface area contributed by atoms with Crippen molar-refractivity contribution in [2.24, 2.45) is 0 Å². The van der Waals surface area contributed by atoms with Gasteiger partial charge in [-0.2, -0.15) is 0 Å². The number of halogens is 1. The molecule has 2 amide bonds. The standard InChI is InChI=1S/C14H17BrN2O4/c1-3-14(2,13(20)21)17-11(18)8-16-12(19)9-6-4-5-7-10(9)15/h4-7H,3,8H2,1-2H3,(H,16,19)(H,17,18)(H,20,21). The molecule has 1 atom stereocenters. The normalized spacial score (nSPS) is 13.1. The molecule has 1 rings (SSSR count). The number of nitrogens with one attached hydrogen (secondary N) is 2. The summed E-state index contributed by atoms with van der Waals surface area (Å²) in [5, 5.41) is 13.9. The van der Waals surface area contributed by atoms with Gasteiger partial charge in [-0.05, 0) is 41.4 Å². The first-order chi connectivity index (χ1) is 9.80. The Morgan fingerprint density at radius 1 is 1.29 bits per heavy atom. The second-order valence-corrected chi connectivity index (χ2v) is 5.56. The minimum Gasteiger partial charge on any atom is -0.480 e. The highest BCUT2D eigenvalue weighted by molar-refractivity contribution is 9.10. The smallest absolute Gasteiger partial charge is 0.329 e. The van der Waals surface area contributed by atoms with Gasteiger partial charge in [-0.3, -0.25) is 9.59 Å². The molecule has 0 bridgehead atoms.